The third kappa shape index (κ3) is 5.06. The Labute approximate surface area is 124 Å². The van der Waals surface area contributed by atoms with Crippen LogP contribution in [0, 0.1) is 0 Å². The second-order valence-corrected chi connectivity index (χ2v) is 6.30. The van der Waals surface area contributed by atoms with E-state index in [1.165, 1.54) is 30.6 Å². The summed E-state index contributed by atoms with van der Waals surface area (Å²) in [7, 11) is 1.61. The third-order valence-corrected chi connectivity index (χ3v) is 4.66. The van der Waals surface area contributed by atoms with E-state index in [0.29, 0.717) is 13.2 Å². The summed E-state index contributed by atoms with van der Waals surface area (Å²) < 4.78 is 4.88. The van der Waals surface area contributed by atoms with Crippen molar-refractivity contribution in [3.8, 4) is 0 Å². The molecule has 0 spiro atoms. The van der Waals surface area contributed by atoms with E-state index in [1.807, 2.05) is 23.9 Å². The number of methoxy groups -OCH3 is 1. The largest absolute Gasteiger partial charge is 0.383 e. The highest BCUT2D eigenvalue weighted by atomic mass is 32.2. The maximum absolute atomic E-state index is 11.6. The minimum atomic E-state index is -0.196. The Bertz CT molecular complexity index is 416. The molecule has 4 nitrogen and oxygen atoms in total. The second-order valence-electron chi connectivity index (χ2n) is 4.92. The van der Waals surface area contributed by atoms with Crippen molar-refractivity contribution >= 4 is 23.5 Å². The zero-order valence-corrected chi connectivity index (χ0v) is 12.7. The average molecular weight is 294 g/mol. The van der Waals surface area contributed by atoms with Crippen LogP contribution in [0.5, 0.6) is 0 Å². The van der Waals surface area contributed by atoms with Gasteiger partial charge in [0.25, 0.3) is 0 Å². The molecule has 0 radical (unpaired) electrons. The maximum Gasteiger partial charge on any atom is 0.319 e. The second kappa shape index (κ2) is 8.17. The maximum atomic E-state index is 11.6. The molecular formula is C15H22N2O2S. The molecule has 0 heterocycles. The highest BCUT2D eigenvalue weighted by Gasteiger charge is 2.15. The van der Waals surface area contributed by atoms with Gasteiger partial charge in [0.15, 0.2) is 0 Å². The molecule has 2 rings (SSSR count). The van der Waals surface area contributed by atoms with Crippen LogP contribution < -0.4 is 10.6 Å². The molecule has 0 aromatic heterocycles. The van der Waals surface area contributed by atoms with Gasteiger partial charge in [-0.2, -0.15) is 0 Å². The van der Waals surface area contributed by atoms with Gasteiger partial charge in [0.05, 0.1) is 6.61 Å². The van der Waals surface area contributed by atoms with Gasteiger partial charge in [-0.1, -0.05) is 12.8 Å². The number of hydrogen-bond acceptors (Lipinski definition) is 3. The van der Waals surface area contributed by atoms with Gasteiger partial charge in [-0.15, -0.1) is 11.8 Å². The standard InChI is InChI=1S/C15H22N2O2S/c1-19-11-10-16-15(18)17-12-6-8-14(9-7-12)20-13-4-2-3-5-13/h6-9,13H,2-5,10-11H2,1H3,(H2,16,17,18). The molecule has 1 aromatic rings. The summed E-state index contributed by atoms with van der Waals surface area (Å²) in [6.07, 6.45) is 5.37. The normalized spacial score (nSPS) is 15.2. The number of benzene rings is 1. The fraction of sp³-hybridized carbons (Fsp3) is 0.533. The van der Waals surface area contributed by atoms with E-state index in [2.05, 4.69) is 22.8 Å². The van der Waals surface area contributed by atoms with E-state index >= 15 is 0 Å². The van der Waals surface area contributed by atoms with Gasteiger partial charge in [0.1, 0.15) is 0 Å². The Morgan fingerprint density at radius 2 is 2.00 bits per heavy atom. The van der Waals surface area contributed by atoms with E-state index in [-0.39, 0.29) is 6.03 Å². The van der Waals surface area contributed by atoms with Crippen molar-refractivity contribution in [1.29, 1.82) is 0 Å². The van der Waals surface area contributed by atoms with E-state index in [0.717, 1.165) is 10.9 Å². The topological polar surface area (TPSA) is 50.4 Å². The Hall–Kier alpha value is -1.20. The van der Waals surface area contributed by atoms with Crippen LogP contribution >= 0.6 is 11.8 Å². The van der Waals surface area contributed by atoms with E-state index in [4.69, 9.17) is 4.74 Å². The summed E-state index contributed by atoms with van der Waals surface area (Å²) in [5.41, 5.74) is 0.815. The molecule has 0 atom stereocenters. The van der Waals surface area contributed by atoms with Crippen LogP contribution in [0.15, 0.2) is 29.2 Å². The summed E-state index contributed by atoms with van der Waals surface area (Å²) in [5, 5.41) is 6.30. The van der Waals surface area contributed by atoms with Crippen LogP contribution in [0.2, 0.25) is 0 Å². The summed E-state index contributed by atoms with van der Waals surface area (Å²) in [4.78, 5) is 12.8. The smallest absolute Gasteiger partial charge is 0.319 e. The van der Waals surface area contributed by atoms with Crippen LogP contribution in [0.4, 0.5) is 10.5 Å². The summed E-state index contributed by atoms with van der Waals surface area (Å²) >= 11 is 1.95. The van der Waals surface area contributed by atoms with Crippen molar-refractivity contribution in [2.24, 2.45) is 0 Å². The molecule has 1 aliphatic rings. The quantitative estimate of drug-likeness (QED) is 0.790. The number of ether oxygens (including phenoxy) is 1. The molecule has 110 valence electrons. The molecule has 5 heteroatoms. The molecular weight excluding hydrogens is 272 g/mol. The minimum absolute atomic E-state index is 0.196. The molecule has 2 N–H and O–H groups in total. The molecule has 0 aliphatic heterocycles. The number of amides is 2. The molecule has 1 aromatic carbocycles. The summed E-state index contributed by atoms with van der Waals surface area (Å²) in [6, 6.07) is 7.86. The SMILES string of the molecule is COCCNC(=O)Nc1ccc(SC2CCCC2)cc1. The van der Waals surface area contributed by atoms with Gasteiger partial charge in [0.2, 0.25) is 0 Å². The number of carbonyl (C=O) groups is 1. The lowest BCUT2D eigenvalue weighted by Crippen LogP contribution is -2.31. The lowest BCUT2D eigenvalue weighted by molar-refractivity contribution is 0.198. The first-order chi connectivity index (χ1) is 9.78. The number of hydrogen-bond donors (Lipinski definition) is 2. The van der Waals surface area contributed by atoms with Crippen molar-refractivity contribution in [3.63, 3.8) is 0 Å². The highest BCUT2D eigenvalue weighted by Crippen LogP contribution is 2.34. The van der Waals surface area contributed by atoms with Crippen LogP contribution in [-0.2, 0) is 4.74 Å². The zero-order valence-electron chi connectivity index (χ0n) is 11.9. The first-order valence-corrected chi connectivity index (χ1v) is 7.96. The van der Waals surface area contributed by atoms with Crippen molar-refractivity contribution in [1.82, 2.24) is 5.32 Å². The Morgan fingerprint density at radius 1 is 1.30 bits per heavy atom. The molecule has 2 amide bonds. The molecule has 20 heavy (non-hydrogen) atoms. The minimum Gasteiger partial charge on any atom is -0.383 e. The van der Waals surface area contributed by atoms with Gasteiger partial charge in [-0.3, -0.25) is 0 Å². The van der Waals surface area contributed by atoms with Crippen LogP contribution in [0.1, 0.15) is 25.7 Å². The number of nitrogens with one attached hydrogen (secondary N) is 2. The lowest BCUT2D eigenvalue weighted by Gasteiger charge is -2.10. The van der Waals surface area contributed by atoms with Crippen molar-refractivity contribution in [2.45, 2.75) is 35.8 Å². The Morgan fingerprint density at radius 3 is 2.65 bits per heavy atom. The fourth-order valence-corrected chi connectivity index (χ4v) is 3.50. The fourth-order valence-electron chi connectivity index (χ4n) is 2.26. The molecule has 0 saturated heterocycles. The van der Waals surface area contributed by atoms with Gasteiger partial charge >= 0.3 is 6.03 Å². The molecule has 1 saturated carbocycles. The number of carbonyl (C=O) groups excluding carboxylic acids is 1. The third-order valence-electron chi connectivity index (χ3n) is 3.31. The predicted octanol–water partition coefficient (Wildman–Crippen LogP) is 3.49. The monoisotopic (exact) mass is 294 g/mol. The summed E-state index contributed by atoms with van der Waals surface area (Å²) in [6.45, 7) is 1.03. The number of anilines is 1. The molecule has 1 fully saturated rings. The van der Waals surface area contributed by atoms with Crippen molar-refractivity contribution in [3.05, 3.63) is 24.3 Å². The zero-order chi connectivity index (χ0) is 14.2. The first-order valence-electron chi connectivity index (χ1n) is 7.08. The first kappa shape index (κ1) is 15.2. The van der Waals surface area contributed by atoms with E-state index in [9.17, 15) is 4.79 Å². The van der Waals surface area contributed by atoms with Crippen molar-refractivity contribution < 1.29 is 9.53 Å². The highest BCUT2D eigenvalue weighted by molar-refractivity contribution is 8.00. The van der Waals surface area contributed by atoms with Crippen LogP contribution in [-0.4, -0.2) is 31.5 Å². The Balaban J connectivity index is 1.77. The van der Waals surface area contributed by atoms with Gasteiger partial charge in [-0.05, 0) is 37.1 Å². The predicted molar refractivity (Wildman–Crippen MR) is 83.5 cm³/mol. The molecule has 0 bridgehead atoms. The molecule has 1 aliphatic carbocycles. The Kier molecular flexibility index (Phi) is 6.21. The van der Waals surface area contributed by atoms with E-state index in [1.54, 1.807) is 7.11 Å². The van der Waals surface area contributed by atoms with Gasteiger partial charge < -0.3 is 15.4 Å². The lowest BCUT2D eigenvalue weighted by atomic mass is 10.3. The van der Waals surface area contributed by atoms with Gasteiger partial charge in [0, 0.05) is 29.5 Å². The summed E-state index contributed by atoms with van der Waals surface area (Å²) in [5.74, 6) is 0. The average Bonchev–Trinajstić information content (AvgIpc) is 2.94. The number of thioether (sulfide) groups is 1. The van der Waals surface area contributed by atoms with Crippen LogP contribution in [0.3, 0.4) is 0 Å². The van der Waals surface area contributed by atoms with Crippen LogP contribution in [0.25, 0.3) is 0 Å². The number of urea groups is 1. The van der Waals surface area contributed by atoms with Crippen molar-refractivity contribution in [2.75, 3.05) is 25.6 Å². The number of rotatable bonds is 6. The molecule has 0 unspecified atom stereocenters. The van der Waals surface area contributed by atoms with Gasteiger partial charge in [-0.25, -0.2) is 4.79 Å². The van der Waals surface area contributed by atoms with E-state index < -0.39 is 0 Å².